The Morgan fingerprint density at radius 1 is 0.625 bits per heavy atom. The molecule has 0 aliphatic rings. The van der Waals surface area contributed by atoms with E-state index < -0.39 is 0 Å². The first-order valence-corrected chi connectivity index (χ1v) is 0. The van der Waals surface area contributed by atoms with Crippen molar-refractivity contribution in [2.45, 2.75) is 0 Å². The predicted molar refractivity (Wildman–Crippen MR) is 25.7 cm³/mol. The maximum Gasteiger partial charge on any atom is 0 e. The first kappa shape index (κ1) is 89.8. The van der Waals surface area contributed by atoms with Crippen molar-refractivity contribution in [1.82, 2.24) is 0 Å². The molecule has 0 radical (unpaired) electrons. The molecule has 0 N–H and O–H groups in total. The molecule has 0 bridgehead atoms. The number of hydrogen-bond acceptors (Lipinski definition) is 0. The van der Waals surface area contributed by atoms with Crippen LogP contribution in [-0.2, 0) is 52.0 Å². The quantitative estimate of drug-likeness (QED) is 0.290. The molecule has 0 aromatic rings. The van der Waals surface area contributed by atoms with E-state index in [0.29, 0.717) is 0 Å². The molecule has 0 spiro atoms. The van der Waals surface area contributed by atoms with Crippen LogP contribution >= 0.6 is 0 Å². The fraction of sp³-hybridized carbons (Fsp3) is 0. The number of halogens is 4. The summed E-state index contributed by atoms with van der Waals surface area (Å²) in [6.45, 7) is 0. The summed E-state index contributed by atoms with van der Waals surface area (Å²) in [5.74, 6) is 0. The van der Waals surface area contributed by atoms with Crippen LogP contribution in [0.15, 0.2) is 0 Å². The SMILES string of the molecule is F.F.F.F.[BaH2].[Hf].[NaH].[Zr]. The molecule has 46 valence electrons. The van der Waals surface area contributed by atoms with E-state index >= 15 is 0 Å². The summed E-state index contributed by atoms with van der Waals surface area (Å²) >= 11 is 0. The molecule has 0 fully saturated rings. The largest absolute Gasteiger partial charge is 0 e. The van der Waals surface area contributed by atoms with E-state index in [9.17, 15) is 0 Å². The third-order valence-corrected chi connectivity index (χ3v) is 0. The average molecular weight is 513 g/mol. The van der Waals surface area contributed by atoms with E-state index in [1.54, 1.807) is 0 Å². The fourth-order valence-corrected chi connectivity index (χ4v) is 0. The van der Waals surface area contributed by atoms with Crippen LogP contribution in [0.1, 0.15) is 0 Å². The van der Waals surface area contributed by atoms with Gasteiger partial charge in [-0.1, -0.05) is 0 Å². The molecule has 0 aliphatic carbocycles. The fourth-order valence-electron chi connectivity index (χ4n) is 0. The molecule has 8 heavy (non-hydrogen) atoms. The van der Waals surface area contributed by atoms with Gasteiger partial charge in [-0.25, -0.2) is 0 Å². The van der Waals surface area contributed by atoms with Gasteiger partial charge in [-0.3, -0.25) is 18.8 Å². The summed E-state index contributed by atoms with van der Waals surface area (Å²) in [7, 11) is 0. The molecule has 0 heterocycles. The monoisotopic (exact) mass is 514 g/mol. The Morgan fingerprint density at radius 2 is 0.625 bits per heavy atom. The summed E-state index contributed by atoms with van der Waals surface area (Å²) in [5.41, 5.74) is 0. The summed E-state index contributed by atoms with van der Waals surface area (Å²) in [6, 6.07) is 0. The Labute approximate surface area is 145 Å². The van der Waals surface area contributed by atoms with E-state index in [2.05, 4.69) is 0 Å². The minimum Gasteiger partial charge on any atom is 0 e. The Bertz CT molecular complexity index is 16.0. The van der Waals surface area contributed by atoms with Crippen molar-refractivity contribution in [3.8, 4) is 0 Å². The van der Waals surface area contributed by atoms with Crippen molar-refractivity contribution in [3.05, 3.63) is 0 Å². The minimum atomic E-state index is 0. The van der Waals surface area contributed by atoms with Gasteiger partial charge in [-0.2, -0.15) is 0 Å². The van der Waals surface area contributed by atoms with Crippen LogP contribution in [0.4, 0.5) is 18.8 Å². The van der Waals surface area contributed by atoms with Crippen LogP contribution < -0.4 is 0 Å². The molecule has 0 amide bonds. The van der Waals surface area contributed by atoms with Gasteiger partial charge in [0.15, 0.2) is 0 Å². The van der Waals surface area contributed by atoms with Crippen molar-refractivity contribution in [2.24, 2.45) is 0 Å². The normalized spacial score (nSPS) is 0. The van der Waals surface area contributed by atoms with Crippen LogP contribution in [0.2, 0.25) is 0 Å². The van der Waals surface area contributed by atoms with Crippen LogP contribution in [0.25, 0.3) is 0 Å². The predicted octanol–water partition coefficient (Wildman–Crippen LogP) is -0.960. The second-order valence-electron chi connectivity index (χ2n) is 0. The standard InChI is InChI=1S/Ba.4FH.Hf.Na.Zr.3H/h;4*1H;;;;;;. The van der Waals surface area contributed by atoms with Gasteiger partial charge in [0.2, 0.25) is 0 Å². The van der Waals surface area contributed by atoms with E-state index in [1.165, 1.54) is 0 Å². The summed E-state index contributed by atoms with van der Waals surface area (Å²) in [5, 5.41) is 0. The zero-order valence-corrected chi connectivity index (χ0v) is 8.68. The van der Waals surface area contributed by atoms with E-state index in [0.717, 1.165) is 0 Å². The summed E-state index contributed by atoms with van der Waals surface area (Å²) in [4.78, 5) is 0. The maximum atomic E-state index is 0. The maximum absolute atomic E-state index is 0. The van der Waals surface area contributed by atoms with E-state index in [1.807, 2.05) is 0 Å². The Kier molecular flexibility index (Phi) is 765. The Balaban J connectivity index is 0. The second kappa shape index (κ2) is 68.1. The Morgan fingerprint density at radius 3 is 0.625 bits per heavy atom. The van der Waals surface area contributed by atoms with Crippen molar-refractivity contribution < 1.29 is 70.9 Å². The third-order valence-electron chi connectivity index (χ3n) is 0. The van der Waals surface area contributed by atoms with E-state index in [-0.39, 0.29) is 149 Å². The van der Waals surface area contributed by atoms with Crippen molar-refractivity contribution >= 4 is 78.4 Å². The molecule has 0 unspecified atom stereocenters. The Hall–Kier alpha value is 4.04. The molecule has 8 heteroatoms. The molecule has 0 aromatic heterocycles. The van der Waals surface area contributed by atoms with Gasteiger partial charge >= 0.3 is 78.4 Å². The second-order valence-corrected chi connectivity index (χ2v) is 0. The molecule has 0 rings (SSSR count). The van der Waals surface area contributed by atoms with Crippen LogP contribution in [0, 0.1) is 0 Å². The molecule has 0 atom stereocenters. The zero-order chi connectivity index (χ0) is 0. The minimum absolute atomic E-state index is 0. The van der Waals surface area contributed by atoms with Crippen LogP contribution in [0.3, 0.4) is 0 Å². The van der Waals surface area contributed by atoms with Gasteiger partial charge in [0, 0.05) is 52.0 Å². The van der Waals surface area contributed by atoms with Gasteiger partial charge in [-0.05, 0) is 0 Å². The number of rotatable bonds is 0. The summed E-state index contributed by atoms with van der Waals surface area (Å²) in [6.07, 6.45) is 0. The van der Waals surface area contributed by atoms with Crippen molar-refractivity contribution in [1.29, 1.82) is 0 Å². The van der Waals surface area contributed by atoms with Crippen molar-refractivity contribution in [2.75, 3.05) is 0 Å². The first-order valence-electron chi connectivity index (χ1n) is 0. The smallest absolute Gasteiger partial charge is 0 e. The zero-order valence-electron chi connectivity index (χ0n) is 2.63. The molecule has 0 aliphatic heterocycles. The van der Waals surface area contributed by atoms with E-state index in [4.69, 9.17) is 0 Å². The van der Waals surface area contributed by atoms with Crippen LogP contribution in [-0.4, -0.2) is 78.4 Å². The number of hydrogen-bond donors (Lipinski definition) is 0. The van der Waals surface area contributed by atoms with Gasteiger partial charge < -0.3 is 0 Å². The molecule has 0 aromatic carbocycles. The topological polar surface area (TPSA) is 0 Å². The molecular weight excluding hydrogens is 506 g/mol. The molecular formula is H7BaF4HfNaZr. The van der Waals surface area contributed by atoms with Gasteiger partial charge in [0.1, 0.15) is 0 Å². The van der Waals surface area contributed by atoms with Crippen molar-refractivity contribution in [3.63, 3.8) is 0 Å². The summed E-state index contributed by atoms with van der Waals surface area (Å²) < 4.78 is 0. The first-order chi connectivity index (χ1) is 0. The average Bonchev–Trinajstić information content (AvgIpc) is 0. The molecule has 0 nitrogen and oxygen atoms in total. The van der Waals surface area contributed by atoms with Gasteiger partial charge in [-0.15, -0.1) is 0 Å². The molecule has 0 saturated carbocycles. The third kappa shape index (κ3) is 50.2. The van der Waals surface area contributed by atoms with Crippen LogP contribution in [0.5, 0.6) is 0 Å². The van der Waals surface area contributed by atoms with Gasteiger partial charge in [0.25, 0.3) is 0 Å². The molecule has 0 saturated heterocycles. The van der Waals surface area contributed by atoms with Gasteiger partial charge in [0.05, 0.1) is 0 Å².